The van der Waals surface area contributed by atoms with E-state index in [9.17, 15) is 9.59 Å². The summed E-state index contributed by atoms with van der Waals surface area (Å²) in [5.41, 5.74) is 2.87. The molecule has 2 amide bonds. The topological polar surface area (TPSA) is 62.3 Å². The number of nitrogens with zero attached hydrogens (tertiary/aromatic N) is 2. The van der Waals surface area contributed by atoms with Crippen LogP contribution in [0.4, 0.5) is 11.5 Å². The van der Waals surface area contributed by atoms with Crippen LogP contribution in [0.5, 0.6) is 0 Å². The Morgan fingerprint density at radius 1 is 1.14 bits per heavy atom. The number of carbonyl (C=O) groups is 2. The fourth-order valence-electron chi connectivity index (χ4n) is 3.79. The Balaban J connectivity index is 1.71. The minimum Gasteiger partial charge on any atom is -0.310 e. The first-order chi connectivity index (χ1) is 14.0. The number of rotatable bonds is 4. The number of benzene rings is 1. The van der Waals surface area contributed by atoms with Gasteiger partial charge in [-0.15, -0.1) is 11.3 Å². The molecule has 148 valence electrons. The van der Waals surface area contributed by atoms with Crippen LogP contribution in [-0.4, -0.2) is 16.8 Å². The van der Waals surface area contributed by atoms with Gasteiger partial charge in [-0.2, -0.15) is 0 Å². The number of pyridine rings is 1. The van der Waals surface area contributed by atoms with Crippen molar-refractivity contribution in [1.82, 2.24) is 4.98 Å². The summed E-state index contributed by atoms with van der Waals surface area (Å²) in [5.74, 6) is 0.162. The lowest BCUT2D eigenvalue weighted by Gasteiger charge is -2.40. The number of aryl methyl sites for hydroxylation is 2. The molecule has 29 heavy (non-hydrogen) atoms. The molecule has 1 aliphatic rings. The zero-order valence-electron chi connectivity index (χ0n) is 16.5. The number of hydrogen-bond acceptors (Lipinski definition) is 4. The largest absolute Gasteiger partial charge is 0.310 e. The molecule has 3 heterocycles. The van der Waals surface area contributed by atoms with Crippen LogP contribution in [0.15, 0.2) is 60.1 Å². The summed E-state index contributed by atoms with van der Waals surface area (Å²) < 4.78 is 0. The molecule has 0 radical (unpaired) electrons. The van der Waals surface area contributed by atoms with Crippen LogP contribution in [0.2, 0.25) is 0 Å². The maximum atomic E-state index is 13.3. The van der Waals surface area contributed by atoms with E-state index in [1.807, 2.05) is 67.8 Å². The van der Waals surface area contributed by atoms with Gasteiger partial charge in [0, 0.05) is 23.2 Å². The average Bonchev–Trinajstić information content (AvgIpc) is 3.25. The van der Waals surface area contributed by atoms with Crippen LogP contribution in [0.3, 0.4) is 0 Å². The molecule has 5 nitrogen and oxygen atoms in total. The zero-order chi connectivity index (χ0) is 20.4. The number of thiophene rings is 1. The first kappa shape index (κ1) is 19.3. The van der Waals surface area contributed by atoms with Gasteiger partial charge in [0.25, 0.3) is 0 Å². The summed E-state index contributed by atoms with van der Waals surface area (Å²) in [6.07, 6.45) is 2.53. The smallest absolute Gasteiger partial charge is 0.231 e. The molecular formula is C23H23N3O2S. The molecule has 3 aromatic rings. The number of hydrogen-bond donors (Lipinski definition) is 1. The van der Waals surface area contributed by atoms with E-state index in [-0.39, 0.29) is 23.8 Å². The highest BCUT2D eigenvalue weighted by atomic mass is 32.1. The summed E-state index contributed by atoms with van der Waals surface area (Å²) in [6.45, 7) is 3.94. The SMILES string of the molecule is Cc1ccc(N2C(=O)CCC(C(=O)Nc3ncccc3C)C2c2cccs2)cc1. The van der Waals surface area contributed by atoms with Crippen LogP contribution in [0.25, 0.3) is 0 Å². The van der Waals surface area contributed by atoms with Crippen molar-refractivity contribution in [2.45, 2.75) is 32.7 Å². The Morgan fingerprint density at radius 2 is 1.93 bits per heavy atom. The molecular weight excluding hydrogens is 382 g/mol. The van der Waals surface area contributed by atoms with E-state index in [4.69, 9.17) is 0 Å². The Morgan fingerprint density at radius 3 is 2.62 bits per heavy atom. The molecule has 4 rings (SSSR count). The van der Waals surface area contributed by atoms with E-state index in [0.29, 0.717) is 18.7 Å². The van der Waals surface area contributed by atoms with E-state index in [0.717, 1.165) is 21.7 Å². The lowest BCUT2D eigenvalue weighted by Crippen LogP contribution is -2.46. The van der Waals surface area contributed by atoms with Crippen molar-refractivity contribution in [2.75, 3.05) is 10.2 Å². The Hall–Kier alpha value is -2.99. The van der Waals surface area contributed by atoms with Crippen LogP contribution in [0, 0.1) is 19.8 Å². The zero-order valence-corrected chi connectivity index (χ0v) is 17.3. The van der Waals surface area contributed by atoms with Crippen molar-refractivity contribution >= 4 is 34.7 Å². The first-order valence-electron chi connectivity index (χ1n) is 9.69. The van der Waals surface area contributed by atoms with Gasteiger partial charge in [-0.1, -0.05) is 29.8 Å². The van der Waals surface area contributed by atoms with Crippen molar-refractivity contribution in [3.63, 3.8) is 0 Å². The highest BCUT2D eigenvalue weighted by Gasteiger charge is 2.42. The number of nitrogens with one attached hydrogen (secondary N) is 1. The molecule has 2 aromatic heterocycles. The molecule has 0 spiro atoms. The summed E-state index contributed by atoms with van der Waals surface area (Å²) in [6, 6.07) is 15.3. The maximum absolute atomic E-state index is 13.3. The van der Waals surface area contributed by atoms with Gasteiger partial charge in [0.05, 0.1) is 12.0 Å². The average molecular weight is 406 g/mol. The maximum Gasteiger partial charge on any atom is 0.231 e. The van der Waals surface area contributed by atoms with Gasteiger partial charge in [0.1, 0.15) is 5.82 Å². The second-order valence-corrected chi connectivity index (χ2v) is 8.34. The van der Waals surface area contributed by atoms with Gasteiger partial charge in [-0.3, -0.25) is 9.59 Å². The van der Waals surface area contributed by atoms with Gasteiger partial charge in [-0.25, -0.2) is 4.98 Å². The van der Waals surface area contributed by atoms with Gasteiger partial charge >= 0.3 is 0 Å². The number of aromatic nitrogens is 1. The highest BCUT2D eigenvalue weighted by molar-refractivity contribution is 7.10. The predicted molar refractivity (Wildman–Crippen MR) is 116 cm³/mol. The normalized spacial score (nSPS) is 19.2. The Kier molecular flexibility index (Phi) is 5.45. The molecule has 2 atom stereocenters. The molecule has 0 saturated carbocycles. The molecule has 2 unspecified atom stereocenters. The van der Waals surface area contributed by atoms with Crippen molar-refractivity contribution in [3.8, 4) is 0 Å². The minimum absolute atomic E-state index is 0.0466. The number of amides is 2. The fourth-order valence-corrected chi connectivity index (χ4v) is 4.67. The Bertz CT molecular complexity index is 1010. The van der Waals surface area contributed by atoms with E-state index >= 15 is 0 Å². The third kappa shape index (κ3) is 3.93. The molecule has 0 bridgehead atoms. The summed E-state index contributed by atoms with van der Waals surface area (Å²) >= 11 is 1.57. The van der Waals surface area contributed by atoms with Crippen LogP contribution >= 0.6 is 11.3 Å². The summed E-state index contributed by atoms with van der Waals surface area (Å²) in [7, 11) is 0. The van der Waals surface area contributed by atoms with Crippen molar-refractivity contribution in [2.24, 2.45) is 5.92 Å². The van der Waals surface area contributed by atoms with E-state index in [1.165, 1.54) is 0 Å². The van der Waals surface area contributed by atoms with E-state index in [1.54, 1.807) is 22.4 Å². The Labute approximate surface area is 174 Å². The number of piperidine rings is 1. The fraction of sp³-hybridized carbons (Fsp3) is 0.261. The second kappa shape index (κ2) is 8.17. The van der Waals surface area contributed by atoms with Crippen LogP contribution in [-0.2, 0) is 9.59 Å². The molecule has 1 fully saturated rings. The highest BCUT2D eigenvalue weighted by Crippen LogP contribution is 2.42. The minimum atomic E-state index is -0.353. The molecule has 1 N–H and O–H groups in total. The van der Waals surface area contributed by atoms with Crippen molar-refractivity contribution in [1.29, 1.82) is 0 Å². The quantitative estimate of drug-likeness (QED) is 0.673. The lowest BCUT2D eigenvalue weighted by molar-refractivity contribution is -0.125. The molecule has 0 aliphatic carbocycles. The van der Waals surface area contributed by atoms with Crippen LogP contribution < -0.4 is 10.2 Å². The second-order valence-electron chi connectivity index (χ2n) is 7.36. The first-order valence-corrected chi connectivity index (χ1v) is 10.6. The predicted octanol–water partition coefficient (Wildman–Crippen LogP) is 4.88. The molecule has 1 aromatic carbocycles. The molecule has 1 aliphatic heterocycles. The standard InChI is InChI=1S/C23H23N3O2S/c1-15-7-9-17(10-8-15)26-20(27)12-11-18(21(26)19-6-4-14-29-19)23(28)25-22-16(2)5-3-13-24-22/h3-10,13-14,18,21H,11-12H2,1-2H3,(H,24,25,28). The van der Waals surface area contributed by atoms with Gasteiger partial charge in [0.2, 0.25) is 11.8 Å². The van der Waals surface area contributed by atoms with Crippen molar-refractivity contribution < 1.29 is 9.59 Å². The number of carbonyl (C=O) groups excluding carboxylic acids is 2. The van der Waals surface area contributed by atoms with Crippen molar-refractivity contribution in [3.05, 3.63) is 76.1 Å². The number of anilines is 2. The molecule has 1 saturated heterocycles. The summed E-state index contributed by atoms with van der Waals surface area (Å²) in [4.78, 5) is 33.3. The van der Waals surface area contributed by atoms with Gasteiger partial charge in [0.15, 0.2) is 0 Å². The third-order valence-electron chi connectivity index (χ3n) is 5.33. The molecule has 6 heteroatoms. The van der Waals surface area contributed by atoms with Crippen LogP contribution in [0.1, 0.15) is 34.9 Å². The lowest BCUT2D eigenvalue weighted by atomic mass is 9.86. The monoisotopic (exact) mass is 405 g/mol. The van der Waals surface area contributed by atoms with Gasteiger partial charge < -0.3 is 10.2 Å². The summed E-state index contributed by atoms with van der Waals surface area (Å²) in [5, 5.41) is 4.97. The van der Waals surface area contributed by atoms with Gasteiger partial charge in [-0.05, 0) is 55.5 Å². The van der Waals surface area contributed by atoms with E-state index < -0.39 is 0 Å². The third-order valence-corrected chi connectivity index (χ3v) is 6.27. The van der Waals surface area contributed by atoms with E-state index in [2.05, 4.69) is 10.3 Å².